The summed E-state index contributed by atoms with van der Waals surface area (Å²) in [5.74, 6) is -0.487. The van der Waals surface area contributed by atoms with Crippen molar-refractivity contribution in [3.05, 3.63) is 41.5 Å². The van der Waals surface area contributed by atoms with Crippen LogP contribution in [0.1, 0.15) is 23.9 Å². The van der Waals surface area contributed by atoms with E-state index < -0.39 is 21.8 Å². The number of carbonyl (C=O) groups excluding carboxylic acids is 1. The third-order valence-electron chi connectivity index (χ3n) is 3.32. The number of nitrogens with zero attached hydrogens (tertiary/aromatic N) is 2. The number of hydrogen-bond donors (Lipinski definition) is 1. The van der Waals surface area contributed by atoms with Gasteiger partial charge in [-0.25, -0.2) is 13.1 Å². The molecule has 0 saturated heterocycles. The normalized spacial score (nSPS) is 12.9. The van der Waals surface area contributed by atoms with Crippen LogP contribution in [-0.2, 0) is 21.2 Å². The van der Waals surface area contributed by atoms with Gasteiger partial charge in [0.05, 0.1) is 5.69 Å². The van der Waals surface area contributed by atoms with Gasteiger partial charge in [0.25, 0.3) is 10.0 Å². The lowest BCUT2D eigenvalue weighted by Gasteiger charge is -2.12. The first-order valence-corrected chi connectivity index (χ1v) is 8.18. The molecule has 0 aliphatic heterocycles. The third kappa shape index (κ3) is 3.51. The highest BCUT2D eigenvalue weighted by Gasteiger charge is 2.23. The zero-order valence-corrected chi connectivity index (χ0v) is 13.3. The van der Waals surface area contributed by atoms with E-state index in [9.17, 15) is 13.2 Å². The van der Waals surface area contributed by atoms with Gasteiger partial charge in [-0.05, 0) is 32.4 Å². The molecule has 2 heterocycles. The Kier molecular flexibility index (Phi) is 4.60. The molecule has 7 nitrogen and oxygen atoms in total. The van der Waals surface area contributed by atoms with Gasteiger partial charge in [0, 0.05) is 23.9 Å². The van der Waals surface area contributed by atoms with Crippen molar-refractivity contribution in [1.82, 2.24) is 14.9 Å². The number of aromatic nitrogens is 2. The van der Waals surface area contributed by atoms with Gasteiger partial charge >= 0.3 is 0 Å². The van der Waals surface area contributed by atoms with E-state index in [1.54, 1.807) is 20.8 Å². The standard InChI is InChI=1S/C14H17N3O4S/c1-9(7-13-10(2)16-21-11(13)3)14(18)17-22(19,20)12-5-4-6-15-8-12/h4-6,8-9H,7H2,1-3H3,(H,17,18)/t9-/m0/s1. The summed E-state index contributed by atoms with van der Waals surface area (Å²) >= 11 is 0. The van der Waals surface area contributed by atoms with E-state index in [0.29, 0.717) is 17.9 Å². The van der Waals surface area contributed by atoms with Crippen molar-refractivity contribution in [3.63, 3.8) is 0 Å². The fourth-order valence-electron chi connectivity index (χ4n) is 1.99. The highest BCUT2D eigenvalue weighted by Crippen LogP contribution is 2.17. The lowest BCUT2D eigenvalue weighted by Crippen LogP contribution is -2.35. The number of hydrogen-bond acceptors (Lipinski definition) is 6. The molecular weight excluding hydrogens is 306 g/mol. The Labute approximate surface area is 128 Å². The summed E-state index contributed by atoms with van der Waals surface area (Å²) in [7, 11) is -3.90. The molecule has 8 heteroatoms. The molecule has 22 heavy (non-hydrogen) atoms. The van der Waals surface area contributed by atoms with Crippen LogP contribution < -0.4 is 4.72 Å². The highest BCUT2D eigenvalue weighted by atomic mass is 32.2. The molecule has 2 rings (SSSR count). The molecule has 118 valence electrons. The van der Waals surface area contributed by atoms with Gasteiger partial charge in [-0.1, -0.05) is 12.1 Å². The summed E-state index contributed by atoms with van der Waals surface area (Å²) in [6, 6.07) is 2.87. The first-order valence-electron chi connectivity index (χ1n) is 6.69. The van der Waals surface area contributed by atoms with Gasteiger partial charge in [-0.15, -0.1) is 0 Å². The Balaban J connectivity index is 2.09. The first-order chi connectivity index (χ1) is 10.3. The predicted octanol–water partition coefficient (Wildman–Crippen LogP) is 1.37. The maximum Gasteiger partial charge on any atom is 0.265 e. The van der Waals surface area contributed by atoms with Crippen LogP contribution in [0.4, 0.5) is 0 Å². The van der Waals surface area contributed by atoms with Crippen LogP contribution in [-0.4, -0.2) is 24.5 Å². The van der Waals surface area contributed by atoms with Gasteiger partial charge in [0.15, 0.2) is 0 Å². The maximum absolute atomic E-state index is 12.1. The smallest absolute Gasteiger partial charge is 0.265 e. The number of aryl methyl sites for hydroxylation is 2. The molecule has 2 aromatic rings. The minimum atomic E-state index is -3.90. The molecule has 0 aromatic carbocycles. The fraction of sp³-hybridized carbons (Fsp3) is 0.357. The molecule has 0 saturated carbocycles. The lowest BCUT2D eigenvalue weighted by molar-refractivity contribution is -0.122. The molecule has 0 radical (unpaired) electrons. The number of carbonyl (C=O) groups is 1. The molecular formula is C14H17N3O4S. The Hall–Kier alpha value is -2.22. The Bertz CT molecular complexity index is 749. The van der Waals surface area contributed by atoms with Crippen molar-refractivity contribution < 1.29 is 17.7 Å². The van der Waals surface area contributed by atoms with Crippen LogP contribution in [0.5, 0.6) is 0 Å². The van der Waals surface area contributed by atoms with E-state index in [2.05, 4.69) is 14.9 Å². The van der Waals surface area contributed by atoms with Gasteiger partial charge in [-0.3, -0.25) is 9.78 Å². The zero-order chi connectivity index (χ0) is 16.3. The molecule has 0 bridgehead atoms. The largest absolute Gasteiger partial charge is 0.361 e. The molecule has 0 aliphatic carbocycles. The van der Waals surface area contributed by atoms with Crippen molar-refractivity contribution in [2.45, 2.75) is 32.1 Å². The summed E-state index contributed by atoms with van der Waals surface area (Å²) in [6.07, 6.45) is 3.01. The monoisotopic (exact) mass is 323 g/mol. The molecule has 0 fully saturated rings. The lowest BCUT2D eigenvalue weighted by atomic mass is 9.99. The second kappa shape index (κ2) is 6.27. The van der Waals surface area contributed by atoms with Crippen LogP contribution in [0.25, 0.3) is 0 Å². The average molecular weight is 323 g/mol. The maximum atomic E-state index is 12.1. The van der Waals surface area contributed by atoms with Crippen LogP contribution in [0.2, 0.25) is 0 Å². The summed E-state index contributed by atoms with van der Waals surface area (Å²) in [4.78, 5) is 15.8. The second-order valence-electron chi connectivity index (χ2n) is 5.07. The Morgan fingerprint density at radius 1 is 1.41 bits per heavy atom. The number of rotatable bonds is 5. The quantitative estimate of drug-likeness (QED) is 0.891. The Morgan fingerprint density at radius 2 is 2.14 bits per heavy atom. The highest BCUT2D eigenvalue weighted by molar-refractivity contribution is 7.90. The van der Waals surface area contributed by atoms with E-state index in [1.807, 2.05) is 0 Å². The summed E-state index contributed by atoms with van der Waals surface area (Å²) in [5, 5.41) is 3.82. The molecule has 1 atom stereocenters. The van der Waals surface area contributed by atoms with Gasteiger partial charge in [0.1, 0.15) is 10.7 Å². The van der Waals surface area contributed by atoms with E-state index in [0.717, 1.165) is 5.56 Å². The van der Waals surface area contributed by atoms with Gasteiger partial charge in [0.2, 0.25) is 5.91 Å². The zero-order valence-electron chi connectivity index (χ0n) is 12.5. The number of sulfonamides is 1. The van der Waals surface area contributed by atoms with E-state index in [4.69, 9.17) is 4.52 Å². The predicted molar refractivity (Wildman–Crippen MR) is 78.4 cm³/mol. The summed E-state index contributed by atoms with van der Waals surface area (Å²) < 4.78 is 31.3. The number of pyridine rings is 1. The molecule has 0 spiro atoms. The topological polar surface area (TPSA) is 102 Å². The first kappa shape index (κ1) is 16.2. The van der Waals surface area contributed by atoms with Crippen LogP contribution in [0.3, 0.4) is 0 Å². The molecule has 0 aliphatic rings. The van der Waals surface area contributed by atoms with Crippen LogP contribution >= 0.6 is 0 Å². The SMILES string of the molecule is Cc1noc(C)c1C[C@H](C)C(=O)NS(=O)(=O)c1cccnc1. The minimum absolute atomic E-state index is 0.0483. The van der Waals surface area contributed by atoms with Crippen molar-refractivity contribution in [3.8, 4) is 0 Å². The third-order valence-corrected chi connectivity index (χ3v) is 4.65. The van der Waals surface area contributed by atoms with Crippen LogP contribution in [0, 0.1) is 19.8 Å². The molecule has 1 amide bonds. The molecule has 0 unspecified atom stereocenters. The van der Waals surface area contributed by atoms with Crippen molar-refractivity contribution in [2.24, 2.45) is 5.92 Å². The average Bonchev–Trinajstić information content (AvgIpc) is 2.79. The number of nitrogens with one attached hydrogen (secondary N) is 1. The summed E-state index contributed by atoms with van der Waals surface area (Å²) in [5.41, 5.74) is 1.52. The minimum Gasteiger partial charge on any atom is -0.361 e. The van der Waals surface area contributed by atoms with E-state index in [-0.39, 0.29) is 4.90 Å². The van der Waals surface area contributed by atoms with E-state index in [1.165, 1.54) is 24.5 Å². The second-order valence-corrected chi connectivity index (χ2v) is 6.75. The fourth-order valence-corrected chi connectivity index (χ4v) is 3.03. The van der Waals surface area contributed by atoms with Crippen molar-refractivity contribution in [1.29, 1.82) is 0 Å². The molecule has 1 N–H and O–H groups in total. The van der Waals surface area contributed by atoms with Crippen molar-refractivity contribution >= 4 is 15.9 Å². The van der Waals surface area contributed by atoms with Crippen LogP contribution in [0.15, 0.2) is 33.9 Å². The Morgan fingerprint density at radius 3 is 2.68 bits per heavy atom. The van der Waals surface area contributed by atoms with E-state index >= 15 is 0 Å². The molecule has 2 aromatic heterocycles. The van der Waals surface area contributed by atoms with Gasteiger partial charge in [-0.2, -0.15) is 0 Å². The van der Waals surface area contributed by atoms with Crippen molar-refractivity contribution in [2.75, 3.05) is 0 Å². The number of amides is 1. The summed E-state index contributed by atoms with van der Waals surface area (Å²) in [6.45, 7) is 5.19. The van der Waals surface area contributed by atoms with Gasteiger partial charge < -0.3 is 4.52 Å².